The van der Waals surface area contributed by atoms with Crippen LogP contribution in [0.3, 0.4) is 0 Å². The van der Waals surface area contributed by atoms with E-state index in [0.717, 1.165) is 47.9 Å². The summed E-state index contributed by atoms with van der Waals surface area (Å²) in [6.45, 7) is 5.18. The van der Waals surface area contributed by atoms with Gasteiger partial charge in [-0.05, 0) is 47.6 Å². The average Bonchev–Trinajstić information content (AvgIpc) is 3.30. The first-order chi connectivity index (χ1) is 12.7. The molecule has 4 heteroatoms. The summed E-state index contributed by atoms with van der Waals surface area (Å²) in [5.41, 5.74) is 3.64. The number of unbranched alkanes of at least 4 members (excludes halogenated alkanes) is 1. The number of thiophene rings is 1. The molecule has 0 amide bonds. The van der Waals surface area contributed by atoms with E-state index in [0.29, 0.717) is 0 Å². The monoisotopic (exact) mass is 384 g/mol. The van der Waals surface area contributed by atoms with Gasteiger partial charge >= 0.3 is 0 Å². The van der Waals surface area contributed by atoms with Crippen molar-refractivity contribution in [2.45, 2.75) is 46.1 Å². The van der Waals surface area contributed by atoms with Crippen molar-refractivity contribution in [3.8, 4) is 0 Å². The summed E-state index contributed by atoms with van der Waals surface area (Å²) >= 11 is 8.21. The highest BCUT2D eigenvalue weighted by atomic mass is 35.5. The normalized spacial score (nSPS) is 11.9. The van der Waals surface area contributed by atoms with Gasteiger partial charge in [0.25, 0.3) is 0 Å². The lowest BCUT2D eigenvalue weighted by atomic mass is 10.1. The molecule has 26 heavy (non-hydrogen) atoms. The number of imidazole rings is 1. The standard InChI is InChI=1S/C22H25ClN2S/c1-3-5-12-22-24-15-19(14-17(4-2)21-11-8-13-26-21)25(22)16-18-9-6-7-10-20(18)23/h6-11,13-15H,3-5,12,16H2,1-2H3/b17-14+. The zero-order valence-electron chi connectivity index (χ0n) is 15.4. The van der Waals surface area contributed by atoms with E-state index in [-0.39, 0.29) is 0 Å². The fourth-order valence-corrected chi connectivity index (χ4v) is 4.06. The molecular weight excluding hydrogens is 360 g/mol. The van der Waals surface area contributed by atoms with Crippen LogP contribution in [0.5, 0.6) is 0 Å². The Balaban J connectivity index is 1.99. The lowest BCUT2D eigenvalue weighted by Gasteiger charge is -2.12. The molecule has 0 bridgehead atoms. The molecule has 0 aliphatic carbocycles. The number of benzene rings is 1. The molecule has 0 saturated heterocycles. The number of halogens is 1. The van der Waals surface area contributed by atoms with Crippen molar-refractivity contribution in [2.24, 2.45) is 0 Å². The van der Waals surface area contributed by atoms with E-state index >= 15 is 0 Å². The molecule has 0 radical (unpaired) electrons. The Morgan fingerprint density at radius 3 is 2.73 bits per heavy atom. The molecule has 0 N–H and O–H groups in total. The van der Waals surface area contributed by atoms with E-state index in [1.165, 1.54) is 16.9 Å². The van der Waals surface area contributed by atoms with Crippen LogP contribution >= 0.6 is 22.9 Å². The van der Waals surface area contributed by atoms with Gasteiger partial charge in [0, 0.05) is 16.3 Å². The number of aromatic nitrogens is 2. The molecule has 2 heterocycles. The van der Waals surface area contributed by atoms with Crippen LogP contribution in [0.4, 0.5) is 0 Å². The summed E-state index contributed by atoms with van der Waals surface area (Å²) in [6.07, 6.45) is 8.60. The maximum absolute atomic E-state index is 6.42. The first kappa shape index (κ1) is 18.9. The minimum atomic E-state index is 0.756. The number of hydrogen-bond donors (Lipinski definition) is 0. The third kappa shape index (κ3) is 4.46. The predicted octanol–water partition coefficient (Wildman–Crippen LogP) is 6.94. The van der Waals surface area contributed by atoms with Crippen LogP contribution in [0.2, 0.25) is 5.02 Å². The third-order valence-corrected chi connectivity index (χ3v) is 5.86. The van der Waals surface area contributed by atoms with Crippen LogP contribution in [-0.4, -0.2) is 9.55 Å². The molecule has 1 aromatic carbocycles. The predicted molar refractivity (Wildman–Crippen MR) is 114 cm³/mol. The smallest absolute Gasteiger partial charge is 0.109 e. The van der Waals surface area contributed by atoms with Crippen LogP contribution in [0.1, 0.15) is 55.1 Å². The molecule has 0 saturated carbocycles. The molecule has 0 fully saturated rings. The summed E-state index contributed by atoms with van der Waals surface area (Å²) in [5.74, 6) is 1.14. The van der Waals surface area contributed by atoms with Crippen molar-refractivity contribution in [1.82, 2.24) is 9.55 Å². The van der Waals surface area contributed by atoms with Gasteiger partial charge in [-0.3, -0.25) is 0 Å². The van der Waals surface area contributed by atoms with Gasteiger partial charge in [0.05, 0.1) is 18.4 Å². The fraction of sp³-hybridized carbons (Fsp3) is 0.318. The van der Waals surface area contributed by atoms with Crippen molar-refractivity contribution in [3.63, 3.8) is 0 Å². The first-order valence-electron chi connectivity index (χ1n) is 9.25. The van der Waals surface area contributed by atoms with Crippen molar-refractivity contribution in [2.75, 3.05) is 0 Å². The molecule has 0 aliphatic rings. The Bertz CT molecular complexity index is 862. The van der Waals surface area contributed by atoms with E-state index in [2.05, 4.69) is 48.1 Å². The fourth-order valence-electron chi connectivity index (χ4n) is 3.05. The highest BCUT2D eigenvalue weighted by Crippen LogP contribution is 2.27. The second-order valence-electron chi connectivity index (χ2n) is 6.38. The number of nitrogens with zero attached hydrogens (tertiary/aromatic N) is 2. The lowest BCUT2D eigenvalue weighted by molar-refractivity contribution is 0.675. The maximum atomic E-state index is 6.42. The Morgan fingerprint density at radius 1 is 1.19 bits per heavy atom. The first-order valence-corrected chi connectivity index (χ1v) is 10.5. The summed E-state index contributed by atoms with van der Waals surface area (Å²) in [6, 6.07) is 12.4. The van der Waals surface area contributed by atoms with Crippen LogP contribution in [0.25, 0.3) is 11.6 Å². The van der Waals surface area contributed by atoms with E-state index in [4.69, 9.17) is 16.6 Å². The molecular formula is C22H25ClN2S. The largest absolute Gasteiger partial charge is 0.324 e. The van der Waals surface area contributed by atoms with Crippen LogP contribution in [-0.2, 0) is 13.0 Å². The Kier molecular flexibility index (Phi) is 6.70. The highest BCUT2D eigenvalue weighted by molar-refractivity contribution is 7.11. The van der Waals surface area contributed by atoms with E-state index in [1.54, 1.807) is 11.3 Å². The van der Waals surface area contributed by atoms with Gasteiger partial charge in [-0.2, -0.15) is 0 Å². The van der Waals surface area contributed by atoms with Gasteiger partial charge in [-0.15, -0.1) is 11.3 Å². The molecule has 136 valence electrons. The number of hydrogen-bond acceptors (Lipinski definition) is 2. The number of rotatable bonds is 8. The van der Waals surface area contributed by atoms with Crippen molar-refractivity contribution < 1.29 is 0 Å². The summed E-state index contributed by atoms with van der Waals surface area (Å²) in [5, 5.41) is 2.94. The van der Waals surface area contributed by atoms with E-state index < -0.39 is 0 Å². The molecule has 0 atom stereocenters. The number of allylic oxidation sites excluding steroid dienone is 1. The molecule has 3 aromatic rings. The Hall–Kier alpha value is -1.84. The SMILES string of the molecule is CCCCc1ncc(/C=C(\CC)c2cccs2)n1Cc1ccccc1Cl. The van der Waals surface area contributed by atoms with Crippen molar-refractivity contribution >= 4 is 34.6 Å². The zero-order chi connectivity index (χ0) is 18.4. The van der Waals surface area contributed by atoms with Gasteiger partial charge in [-0.1, -0.05) is 56.1 Å². The molecule has 2 aromatic heterocycles. The van der Waals surface area contributed by atoms with Crippen molar-refractivity contribution in [1.29, 1.82) is 0 Å². The lowest BCUT2D eigenvalue weighted by Crippen LogP contribution is -2.08. The second-order valence-corrected chi connectivity index (χ2v) is 7.74. The highest BCUT2D eigenvalue weighted by Gasteiger charge is 2.12. The van der Waals surface area contributed by atoms with Crippen LogP contribution < -0.4 is 0 Å². The molecule has 0 unspecified atom stereocenters. The quantitative estimate of drug-likeness (QED) is 0.411. The zero-order valence-corrected chi connectivity index (χ0v) is 17.0. The minimum Gasteiger partial charge on any atom is -0.324 e. The van der Waals surface area contributed by atoms with E-state index in [9.17, 15) is 0 Å². The van der Waals surface area contributed by atoms with Gasteiger partial charge in [0.1, 0.15) is 5.82 Å². The molecule has 2 nitrogen and oxygen atoms in total. The van der Waals surface area contributed by atoms with Crippen molar-refractivity contribution in [3.05, 3.63) is 75.0 Å². The van der Waals surface area contributed by atoms with Gasteiger partial charge in [0.2, 0.25) is 0 Å². The van der Waals surface area contributed by atoms with E-state index in [1.807, 2.05) is 24.4 Å². The van der Waals surface area contributed by atoms with Crippen LogP contribution in [0.15, 0.2) is 48.0 Å². The van der Waals surface area contributed by atoms with Crippen LogP contribution in [0, 0.1) is 0 Å². The van der Waals surface area contributed by atoms with Gasteiger partial charge in [0.15, 0.2) is 0 Å². The molecule has 0 aliphatic heterocycles. The number of aryl methyl sites for hydroxylation is 1. The maximum Gasteiger partial charge on any atom is 0.109 e. The summed E-state index contributed by atoms with van der Waals surface area (Å²) in [4.78, 5) is 6.05. The van der Waals surface area contributed by atoms with Gasteiger partial charge in [-0.25, -0.2) is 4.98 Å². The molecule has 3 rings (SSSR count). The topological polar surface area (TPSA) is 17.8 Å². The second kappa shape index (κ2) is 9.20. The summed E-state index contributed by atoms with van der Waals surface area (Å²) in [7, 11) is 0. The third-order valence-electron chi connectivity index (χ3n) is 4.55. The Morgan fingerprint density at radius 2 is 2.04 bits per heavy atom. The molecule has 0 spiro atoms. The minimum absolute atomic E-state index is 0.756. The summed E-state index contributed by atoms with van der Waals surface area (Å²) < 4.78 is 2.32. The van der Waals surface area contributed by atoms with Gasteiger partial charge < -0.3 is 4.57 Å². The Labute approximate surface area is 165 Å². The average molecular weight is 385 g/mol.